The normalized spacial score (nSPS) is 31.7. The summed E-state index contributed by atoms with van der Waals surface area (Å²) in [6, 6.07) is 4.32. The molecule has 2 saturated carbocycles. The molecule has 0 spiro atoms. The van der Waals surface area contributed by atoms with Crippen LogP contribution in [0.5, 0.6) is 0 Å². The summed E-state index contributed by atoms with van der Waals surface area (Å²) in [4.78, 5) is 16.7. The van der Waals surface area contributed by atoms with Crippen LogP contribution in [0, 0.1) is 24.7 Å². The van der Waals surface area contributed by atoms with Gasteiger partial charge in [-0.3, -0.25) is 9.78 Å². The Kier molecular flexibility index (Phi) is 4.24. The number of pyridine rings is 1. The van der Waals surface area contributed by atoms with Crippen molar-refractivity contribution in [1.29, 1.82) is 0 Å². The maximum absolute atomic E-state index is 12.4. The van der Waals surface area contributed by atoms with Gasteiger partial charge in [0.15, 0.2) is 0 Å². The fourth-order valence-corrected chi connectivity index (χ4v) is 3.94. The number of aromatic nitrogens is 1. The zero-order chi connectivity index (χ0) is 14.8. The van der Waals surface area contributed by atoms with Crippen LogP contribution in [0.1, 0.15) is 43.4 Å². The predicted octanol–water partition coefficient (Wildman–Crippen LogP) is 2.16. The summed E-state index contributed by atoms with van der Waals surface area (Å²) >= 11 is 0. The fourth-order valence-electron chi connectivity index (χ4n) is 3.94. The van der Waals surface area contributed by atoms with Crippen LogP contribution in [0.2, 0.25) is 0 Å². The average Bonchev–Trinajstić information content (AvgIpc) is 2.46. The first-order valence-corrected chi connectivity index (χ1v) is 8.08. The molecule has 1 aromatic rings. The number of amides is 1. The lowest BCUT2D eigenvalue weighted by atomic mass is 9.65. The van der Waals surface area contributed by atoms with Crippen molar-refractivity contribution >= 4 is 5.91 Å². The second-order valence-electron chi connectivity index (χ2n) is 6.72. The summed E-state index contributed by atoms with van der Waals surface area (Å²) < 4.78 is 0. The van der Waals surface area contributed by atoms with Gasteiger partial charge in [0.2, 0.25) is 5.91 Å². The Balaban J connectivity index is 1.55. The van der Waals surface area contributed by atoms with Gasteiger partial charge in [0, 0.05) is 30.4 Å². The molecule has 3 N–H and O–H groups in total. The molecule has 4 nitrogen and oxygen atoms in total. The van der Waals surface area contributed by atoms with Crippen molar-refractivity contribution in [3.63, 3.8) is 0 Å². The SMILES string of the molecule is Cc1ccc(CNC(=O)C2CC3CCCC(C2)C3N)cn1. The van der Waals surface area contributed by atoms with E-state index in [-0.39, 0.29) is 11.8 Å². The highest BCUT2D eigenvalue weighted by molar-refractivity contribution is 5.78. The Morgan fingerprint density at radius 1 is 1.33 bits per heavy atom. The van der Waals surface area contributed by atoms with Gasteiger partial charge < -0.3 is 11.1 Å². The maximum Gasteiger partial charge on any atom is 0.223 e. The molecule has 2 aliphatic rings. The minimum atomic E-state index is 0.151. The monoisotopic (exact) mass is 287 g/mol. The van der Waals surface area contributed by atoms with E-state index < -0.39 is 0 Å². The molecule has 2 fully saturated rings. The molecule has 1 aromatic heterocycles. The van der Waals surface area contributed by atoms with Crippen molar-refractivity contribution in [1.82, 2.24) is 10.3 Å². The number of carbonyl (C=O) groups excluding carboxylic acids is 1. The summed E-state index contributed by atoms with van der Waals surface area (Å²) in [5.41, 5.74) is 8.34. The number of hydrogen-bond donors (Lipinski definition) is 2. The first kappa shape index (κ1) is 14.5. The van der Waals surface area contributed by atoms with Gasteiger partial charge in [-0.05, 0) is 56.1 Å². The minimum absolute atomic E-state index is 0.151. The van der Waals surface area contributed by atoms with Crippen LogP contribution in [-0.4, -0.2) is 16.9 Å². The molecule has 2 atom stereocenters. The number of aryl methyl sites for hydroxylation is 1. The second-order valence-corrected chi connectivity index (χ2v) is 6.72. The lowest BCUT2D eigenvalue weighted by molar-refractivity contribution is -0.128. The fraction of sp³-hybridized carbons (Fsp3) is 0.647. The van der Waals surface area contributed by atoms with E-state index in [1.807, 2.05) is 25.3 Å². The van der Waals surface area contributed by atoms with Crippen LogP contribution < -0.4 is 11.1 Å². The molecule has 21 heavy (non-hydrogen) atoms. The summed E-state index contributed by atoms with van der Waals surface area (Å²) in [7, 11) is 0. The molecule has 0 saturated heterocycles. The van der Waals surface area contributed by atoms with Gasteiger partial charge >= 0.3 is 0 Å². The summed E-state index contributed by atoms with van der Waals surface area (Å²) in [5, 5.41) is 3.07. The van der Waals surface area contributed by atoms with E-state index in [1.165, 1.54) is 19.3 Å². The van der Waals surface area contributed by atoms with Crippen LogP contribution in [0.25, 0.3) is 0 Å². The molecule has 114 valence electrons. The minimum Gasteiger partial charge on any atom is -0.352 e. The van der Waals surface area contributed by atoms with Gasteiger partial charge in [0.25, 0.3) is 0 Å². The molecule has 0 aromatic carbocycles. The molecule has 2 unspecified atom stereocenters. The molecule has 2 aliphatic carbocycles. The van der Waals surface area contributed by atoms with Crippen molar-refractivity contribution in [3.8, 4) is 0 Å². The molecular formula is C17H25N3O. The third-order valence-corrected chi connectivity index (χ3v) is 5.22. The zero-order valence-electron chi connectivity index (χ0n) is 12.7. The zero-order valence-corrected chi connectivity index (χ0v) is 12.7. The van der Waals surface area contributed by atoms with E-state index in [2.05, 4.69) is 10.3 Å². The van der Waals surface area contributed by atoms with Gasteiger partial charge in [0.1, 0.15) is 0 Å². The molecule has 2 bridgehead atoms. The Hall–Kier alpha value is -1.42. The Morgan fingerprint density at radius 3 is 2.67 bits per heavy atom. The van der Waals surface area contributed by atoms with Crippen molar-refractivity contribution in [2.75, 3.05) is 0 Å². The number of hydrogen-bond acceptors (Lipinski definition) is 3. The highest BCUT2D eigenvalue weighted by atomic mass is 16.1. The molecule has 1 amide bonds. The second kappa shape index (κ2) is 6.14. The average molecular weight is 287 g/mol. The smallest absolute Gasteiger partial charge is 0.223 e. The van der Waals surface area contributed by atoms with Crippen molar-refractivity contribution in [2.45, 2.75) is 51.6 Å². The molecular weight excluding hydrogens is 262 g/mol. The number of nitrogens with one attached hydrogen (secondary N) is 1. The Bertz CT molecular complexity index is 485. The van der Waals surface area contributed by atoms with Gasteiger partial charge in [-0.25, -0.2) is 0 Å². The Morgan fingerprint density at radius 2 is 2.05 bits per heavy atom. The standard InChI is InChI=1S/C17H25N3O/c1-11-5-6-12(9-19-11)10-20-17(21)15-7-13-3-2-4-14(8-15)16(13)18/h5-6,9,13-16H,2-4,7-8,10,18H2,1H3,(H,20,21). The van der Waals surface area contributed by atoms with Crippen LogP contribution in [0.3, 0.4) is 0 Å². The molecule has 4 heteroatoms. The quantitative estimate of drug-likeness (QED) is 0.895. The first-order valence-electron chi connectivity index (χ1n) is 8.08. The molecule has 3 rings (SSSR count). The van der Waals surface area contributed by atoms with Crippen molar-refractivity contribution in [3.05, 3.63) is 29.6 Å². The van der Waals surface area contributed by atoms with Gasteiger partial charge in [-0.2, -0.15) is 0 Å². The number of nitrogens with zero attached hydrogens (tertiary/aromatic N) is 1. The highest BCUT2D eigenvalue weighted by Gasteiger charge is 2.40. The van der Waals surface area contributed by atoms with E-state index in [0.29, 0.717) is 24.4 Å². The van der Waals surface area contributed by atoms with Crippen LogP contribution in [0.4, 0.5) is 0 Å². The van der Waals surface area contributed by atoms with E-state index >= 15 is 0 Å². The van der Waals surface area contributed by atoms with E-state index in [1.54, 1.807) is 0 Å². The van der Waals surface area contributed by atoms with Crippen molar-refractivity contribution < 1.29 is 4.79 Å². The molecule has 0 aliphatic heterocycles. The summed E-state index contributed by atoms with van der Waals surface area (Å²) in [6.45, 7) is 2.54. The number of fused-ring (bicyclic) bond motifs is 2. The van der Waals surface area contributed by atoms with E-state index in [9.17, 15) is 4.79 Å². The van der Waals surface area contributed by atoms with E-state index in [4.69, 9.17) is 5.73 Å². The van der Waals surface area contributed by atoms with Gasteiger partial charge in [-0.15, -0.1) is 0 Å². The number of nitrogens with two attached hydrogens (primary N) is 1. The lowest BCUT2D eigenvalue weighted by Gasteiger charge is -2.43. The van der Waals surface area contributed by atoms with E-state index in [0.717, 1.165) is 24.1 Å². The third kappa shape index (κ3) is 3.26. The highest BCUT2D eigenvalue weighted by Crippen LogP contribution is 2.41. The number of carbonyl (C=O) groups is 1. The largest absolute Gasteiger partial charge is 0.352 e. The van der Waals surface area contributed by atoms with Crippen molar-refractivity contribution in [2.24, 2.45) is 23.5 Å². The van der Waals surface area contributed by atoms with Crippen LogP contribution >= 0.6 is 0 Å². The maximum atomic E-state index is 12.4. The van der Waals surface area contributed by atoms with Crippen LogP contribution in [0.15, 0.2) is 18.3 Å². The van der Waals surface area contributed by atoms with Crippen LogP contribution in [-0.2, 0) is 11.3 Å². The summed E-state index contributed by atoms with van der Waals surface area (Å²) in [5.74, 6) is 1.45. The van der Waals surface area contributed by atoms with Gasteiger partial charge in [0.05, 0.1) is 0 Å². The summed E-state index contributed by atoms with van der Waals surface area (Å²) in [6.07, 6.45) is 7.45. The molecule has 1 heterocycles. The lowest BCUT2D eigenvalue weighted by Crippen LogP contribution is -2.49. The molecule has 0 radical (unpaired) electrons. The van der Waals surface area contributed by atoms with Gasteiger partial charge in [-0.1, -0.05) is 12.5 Å². The predicted molar refractivity (Wildman–Crippen MR) is 82.4 cm³/mol. The number of rotatable bonds is 3. The third-order valence-electron chi connectivity index (χ3n) is 5.22. The first-order chi connectivity index (χ1) is 10.1. The Labute approximate surface area is 126 Å². The topological polar surface area (TPSA) is 68.0 Å².